The van der Waals surface area contributed by atoms with Gasteiger partial charge in [0.05, 0.1) is 4.90 Å². The Morgan fingerprint density at radius 2 is 1.81 bits per heavy atom. The summed E-state index contributed by atoms with van der Waals surface area (Å²) in [6, 6.07) is 8.67. The molecule has 1 N–H and O–H groups in total. The predicted octanol–water partition coefficient (Wildman–Crippen LogP) is 2.83. The van der Waals surface area contributed by atoms with Gasteiger partial charge in [-0.1, -0.05) is 17.7 Å². The molecule has 2 aromatic rings. The Bertz CT molecular complexity index is 973. The summed E-state index contributed by atoms with van der Waals surface area (Å²) < 4.78 is 41.3. The highest BCUT2D eigenvalue weighted by molar-refractivity contribution is 7.89. The molecule has 1 aliphatic heterocycles. The highest BCUT2D eigenvalue weighted by atomic mass is 32.2. The molecule has 3 rings (SSSR count). The number of hydrogen-bond acceptors (Lipinski definition) is 3. The number of sulfonamides is 1. The van der Waals surface area contributed by atoms with Gasteiger partial charge in [-0.3, -0.25) is 4.79 Å². The molecule has 7 heteroatoms. The van der Waals surface area contributed by atoms with Gasteiger partial charge in [-0.25, -0.2) is 12.8 Å². The lowest BCUT2D eigenvalue weighted by Crippen LogP contribution is -2.41. The van der Waals surface area contributed by atoms with E-state index in [0.29, 0.717) is 29.8 Å². The number of carbonyl (C=O) groups excluding carboxylic acids is 1. The molecule has 0 aliphatic carbocycles. The van der Waals surface area contributed by atoms with Gasteiger partial charge in [-0.2, -0.15) is 4.72 Å². The van der Waals surface area contributed by atoms with Gasteiger partial charge in [0.25, 0.3) is 0 Å². The summed E-state index contributed by atoms with van der Waals surface area (Å²) in [5, 5.41) is 0. The predicted molar refractivity (Wildman–Crippen MR) is 98.1 cm³/mol. The van der Waals surface area contributed by atoms with Crippen LogP contribution in [0.25, 0.3) is 0 Å². The zero-order valence-electron chi connectivity index (χ0n) is 14.9. The van der Waals surface area contributed by atoms with Gasteiger partial charge in [0.15, 0.2) is 0 Å². The third-order valence-corrected chi connectivity index (χ3v) is 6.21. The van der Waals surface area contributed by atoms with E-state index in [1.54, 1.807) is 38.1 Å². The number of nitrogens with zero attached hydrogens (tertiary/aromatic N) is 1. The molecule has 138 valence electrons. The maximum atomic E-state index is 13.4. The molecule has 1 fully saturated rings. The number of carbonyl (C=O) groups is 1. The molecule has 0 radical (unpaired) electrons. The zero-order valence-corrected chi connectivity index (χ0v) is 15.7. The topological polar surface area (TPSA) is 66.5 Å². The van der Waals surface area contributed by atoms with Gasteiger partial charge < -0.3 is 4.90 Å². The van der Waals surface area contributed by atoms with E-state index in [0.717, 1.165) is 5.56 Å². The Morgan fingerprint density at radius 1 is 1.08 bits per heavy atom. The van der Waals surface area contributed by atoms with Crippen LogP contribution in [0.3, 0.4) is 0 Å². The molecular formula is C19H21FN2O3S. The third kappa shape index (κ3) is 3.50. The van der Waals surface area contributed by atoms with Gasteiger partial charge in [-0.05, 0) is 62.6 Å². The van der Waals surface area contributed by atoms with Crippen molar-refractivity contribution in [1.29, 1.82) is 0 Å². The van der Waals surface area contributed by atoms with Crippen LogP contribution in [0.5, 0.6) is 0 Å². The first-order valence-electron chi connectivity index (χ1n) is 8.36. The van der Waals surface area contributed by atoms with Crippen molar-refractivity contribution < 1.29 is 17.6 Å². The lowest BCUT2D eigenvalue weighted by Gasteiger charge is -2.18. The Balaban J connectivity index is 1.81. The van der Waals surface area contributed by atoms with E-state index >= 15 is 0 Å². The first kappa shape index (κ1) is 18.5. The highest BCUT2D eigenvalue weighted by Gasteiger charge is 2.36. The van der Waals surface area contributed by atoms with E-state index in [1.807, 2.05) is 6.92 Å². The number of nitrogens with one attached hydrogen (secondary N) is 1. The lowest BCUT2D eigenvalue weighted by atomic mass is 10.2. The number of hydrogen-bond donors (Lipinski definition) is 1. The molecule has 1 atom stereocenters. The van der Waals surface area contributed by atoms with Gasteiger partial charge in [0.1, 0.15) is 11.9 Å². The molecule has 0 unspecified atom stereocenters. The Morgan fingerprint density at radius 3 is 2.46 bits per heavy atom. The van der Waals surface area contributed by atoms with Crippen molar-refractivity contribution in [2.24, 2.45) is 0 Å². The summed E-state index contributed by atoms with van der Waals surface area (Å²) in [7, 11) is -3.80. The number of aryl methyl sites for hydroxylation is 3. The minimum atomic E-state index is -3.80. The van der Waals surface area contributed by atoms with Crippen LogP contribution in [0.4, 0.5) is 10.1 Å². The van der Waals surface area contributed by atoms with Crippen molar-refractivity contribution in [1.82, 2.24) is 4.72 Å². The summed E-state index contributed by atoms with van der Waals surface area (Å²) in [6.07, 6.45) is 0.361. The molecule has 0 bridgehead atoms. The number of benzene rings is 2. The molecule has 1 aliphatic rings. The van der Waals surface area contributed by atoms with E-state index in [4.69, 9.17) is 0 Å². The largest absolute Gasteiger partial charge is 0.311 e. The fourth-order valence-corrected chi connectivity index (χ4v) is 4.64. The van der Waals surface area contributed by atoms with Crippen LogP contribution in [-0.4, -0.2) is 26.9 Å². The van der Waals surface area contributed by atoms with E-state index in [1.165, 1.54) is 17.0 Å². The molecule has 0 spiro atoms. The van der Waals surface area contributed by atoms with Gasteiger partial charge in [0, 0.05) is 12.2 Å². The van der Waals surface area contributed by atoms with Crippen molar-refractivity contribution >= 4 is 21.6 Å². The van der Waals surface area contributed by atoms with Crippen molar-refractivity contribution in [2.45, 2.75) is 38.1 Å². The fraction of sp³-hybridized carbons (Fsp3) is 0.316. The maximum Gasteiger partial charge on any atom is 0.245 e. The Kier molecular flexibility index (Phi) is 4.86. The number of rotatable bonds is 4. The normalized spacial score (nSPS) is 17.8. The molecule has 1 amide bonds. The Labute approximate surface area is 152 Å². The second-order valence-corrected chi connectivity index (χ2v) is 8.34. The SMILES string of the molecule is Cc1ccc(S(=O)(=O)N[C@H]2CCN(c3ccc(F)c(C)c3)C2=O)c(C)c1. The summed E-state index contributed by atoms with van der Waals surface area (Å²) in [5.41, 5.74) is 2.61. The molecule has 0 saturated carbocycles. The van der Waals surface area contributed by atoms with Gasteiger partial charge in [-0.15, -0.1) is 0 Å². The first-order valence-corrected chi connectivity index (χ1v) is 9.84. The van der Waals surface area contributed by atoms with E-state index in [-0.39, 0.29) is 16.6 Å². The molecular weight excluding hydrogens is 355 g/mol. The number of amides is 1. The van der Waals surface area contributed by atoms with Crippen LogP contribution < -0.4 is 9.62 Å². The van der Waals surface area contributed by atoms with Crippen LogP contribution in [-0.2, 0) is 14.8 Å². The third-order valence-electron chi connectivity index (χ3n) is 4.58. The summed E-state index contributed by atoms with van der Waals surface area (Å²) in [4.78, 5) is 14.3. The van der Waals surface area contributed by atoms with Crippen LogP contribution in [0.2, 0.25) is 0 Å². The van der Waals surface area contributed by atoms with Crippen LogP contribution in [0.1, 0.15) is 23.1 Å². The van der Waals surface area contributed by atoms with E-state index < -0.39 is 16.1 Å². The average molecular weight is 376 g/mol. The van der Waals surface area contributed by atoms with E-state index in [9.17, 15) is 17.6 Å². The average Bonchev–Trinajstić information content (AvgIpc) is 2.90. The van der Waals surface area contributed by atoms with Crippen LogP contribution in [0.15, 0.2) is 41.3 Å². The lowest BCUT2D eigenvalue weighted by molar-refractivity contribution is -0.118. The van der Waals surface area contributed by atoms with Gasteiger partial charge in [0.2, 0.25) is 15.9 Å². The summed E-state index contributed by atoms with van der Waals surface area (Å²) in [6.45, 7) is 5.62. The monoisotopic (exact) mass is 376 g/mol. The van der Waals surface area contributed by atoms with Crippen molar-refractivity contribution in [3.63, 3.8) is 0 Å². The van der Waals surface area contributed by atoms with Crippen molar-refractivity contribution in [3.8, 4) is 0 Å². The molecule has 2 aromatic carbocycles. The van der Waals surface area contributed by atoms with Crippen molar-refractivity contribution in [2.75, 3.05) is 11.4 Å². The van der Waals surface area contributed by atoms with Gasteiger partial charge >= 0.3 is 0 Å². The molecule has 26 heavy (non-hydrogen) atoms. The van der Waals surface area contributed by atoms with E-state index in [2.05, 4.69) is 4.72 Å². The second-order valence-electron chi connectivity index (χ2n) is 6.65. The fourth-order valence-electron chi connectivity index (χ4n) is 3.19. The van der Waals surface area contributed by atoms with Crippen LogP contribution in [0, 0.1) is 26.6 Å². The molecule has 1 heterocycles. The molecule has 1 saturated heterocycles. The molecule has 5 nitrogen and oxygen atoms in total. The second kappa shape index (κ2) is 6.81. The maximum absolute atomic E-state index is 13.4. The molecule has 0 aromatic heterocycles. The zero-order chi connectivity index (χ0) is 19.1. The number of halogens is 1. The Hall–Kier alpha value is -2.25. The summed E-state index contributed by atoms with van der Waals surface area (Å²) >= 11 is 0. The highest BCUT2D eigenvalue weighted by Crippen LogP contribution is 2.25. The standard InChI is InChI=1S/C19H21FN2O3S/c1-12-4-7-18(14(3)10-12)26(24,25)21-17-8-9-22(19(17)23)15-5-6-16(20)13(2)11-15/h4-7,10-11,17,21H,8-9H2,1-3H3/t17-/m0/s1. The smallest absolute Gasteiger partial charge is 0.245 e. The number of anilines is 1. The minimum Gasteiger partial charge on any atom is -0.311 e. The summed E-state index contributed by atoms with van der Waals surface area (Å²) in [5.74, 6) is -0.670. The van der Waals surface area contributed by atoms with Crippen molar-refractivity contribution in [3.05, 3.63) is 58.9 Å². The quantitative estimate of drug-likeness (QED) is 0.892. The minimum absolute atomic E-state index is 0.173. The van der Waals surface area contributed by atoms with Crippen LogP contribution >= 0.6 is 0 Å². The first-order chi connectivity index (χ1) is 12.2.